The SMILES string of the molecule is O=S(=O)(c1ccccc1)c1nc(-c2ccc(F)cc2)oc1Nc1ccc(Cl)cc1. The summed E-state index contributed by atoms with van der Waals surface area (Å²) in [5.41, 5.74) is 1.01. The summed E-state index contributed by atoms with van der Waals surface area (Å²) < 4.78 is 45.3. The predicted octanol–water partition coefficient (Wildman–Crippen LogP) is 5.71. The highest BCUT2D eigenvalue weighted by molar-refractivity contribution is 7.91. The third-order valence-corrected chi connectivity index (χ3v) is 6.03. The third-order valence-electron chi connectivity index (χ3n) is 4.10. The number of nitrogens with zero attached hydrogens (tertiary/aromatic N) is 1. The number of sulfone groups is 1. The number of nitrogens with one attached hydrogen (secondary N) is 1. The molecule has 0 saturated heterocycles. The molecule has 0 fully saturated rings. The van der Waals surface area contributed by atoms with Gasteiger partial charge in [0, 0.05) is 16.3 Å². The summed E-state index contributed by atoms with van der Waals surface area (Å²) >= 11 is 5.91. The van der Waals surface area contributed by atoms with Crippen molar-refractivity contribution in [2.45, 2.75) is 9.92 Å². The largest absolute Gasteiger partial charge is 0.419 e. The molecule has 4 aromatic rings. The number of anilines is 2. The zero-order valence-corrected chi connectivity index (χ0v) is 16.4. The summed E-state index contributed by atoms with van der Waals surface area (Å²) in [5.74, 6) is -0.414. The maximum atomic E-state index is 13.2. The molecule has 29 heavy (non-hydrogen) atoms. The Bertz CT molecular complexity index is 1240. The minimum Gasteiger partial charge on any atom is -0.419 e. The monoisotopic (exact) mass is 428 g/mol. The molecule has 0 saturated carbocycles. The summed E-state index contributed by atoms with van der Waals surface area (Å²) in [5, 5.41) is 3.21. The molecule has 1 N–H and O–H groups in total. The van der Waals surface area contributed by atoms with E-state index in [-0.39, 0.29) is 21.7 Å². The van der Waals surface area contributed by atoms with Gasteiger partial charge in [0.15, 0.2) is 0 Å². The van der Waals surface area contributed by atoms with Gasteiger partial charge in [-0.3, -0.25) is 0 Å². The van der Waals surface area contributed by atoms with E-state index in [0.717, 1.165) is 0 Å². The molecular formula is C21H14ClFN2O3S. The van der Waals surface area contributed by atoms with Crippen LogP contribution in [0.4, 0.5) is 16.0 Å². The van der Waals surface area contributed by atoms with E-state index in [9.17, 15) is 12.8 Å². The Labute approximate surface area is 171 Å². The Morgan fingerprint density at radius 3 is 2.21 bits per heavy atom. The van der Waals surface area contributed by atoms with Crippen LogP contribution < -0.4 is 5.32 Å². The lowest BCUT2D eigenvalue weighted by Gasteiger charge is -2.06. The van der Waals surface area contributed by atoms with Gasteiger partial charge in [0.25, 0.3) is 0 Å². The maximum absolute atomic E-state index is 13.2. The zero-order chi connectivity index (χ0) is 20.4. The van der Waals surface area contributed by atoms with Crippen LogP contribution in [0.25, 0.3) is 11.5 Å². The Morgan fingerprint density at radius 2 is 1.55 bits per heavy atom. The molecule has 146 valence electrons. The highest BCUT2D eigenvalue weighted by Crippen LogP contribution is 2.34. The van der Waals surface area contributed by atoms with Gasteiger partial charge in [-0.05, 0) is 60.7 Å². The van der Waals surface area contributed by atoms with E-state index in [1.165, 1.54) is 36.4 Å². The topological polar surface area (TPSA) is 72.2 Å². The first kappa shape index (κ1) is 19.2. The molecule has 0 bridgehead atoms. The fraction of sp³-hybridized carbons (Fsp3) is 0. The van der Waals surface area contributed by atoms with Gasteiger partial charge in [-0.25, -0.2) is 12.8 Å². The van der Waals surface area contributed by atoms with Crippen LogP contribution in [-0.4, -0.2) is 13.4 Å². The van der Waals surface area contributed by atoms with Gasteiger partial charge in [-0.2, -0.15) is 4.98 Å². The molecule has 0 radical (unpaired) electrons. The van der Waals surface area contributed by atoms with Crippen molar-refractivity contribution >= 4 is 33.0 Å². The molecule has 0 spiro atoms. The average molecular weight is 429 g/mol. The van der Waals surface area contributed by atoms with Crippen LogP contribution in [-0.2, 0) is 9.84 Å². The van der Waals surface area contributed by atoms with Crippen LogP contribution in [0.3, 0.4) is 0 Å². The van der Waals surface area contributed by atoms with Gasteiger partial charge in [0.2, 0.25) is 26.6 Å². The predicted molar refractivity (Wildman–Crippen MR) is 109 cm³/mol. The molecule has 0 atom stereocenters. The fourth-order valence-electron chi connectivity index (χ4n) is 2.66. The molecule has 3 aromatic carbocycles. The third kappa shape index (κ3) is 4.01. The lowest BCUT2D eigenvalue weighted by molar-refractivity contribution is 0.581. The lowest BCUT2D eigenvalue weighted by Crippen LogP contribution is -2.05. The Balaban J connectivity index is 1.83. The molecule has 1 heterocycles. The normalized spacial score (nSPS) is 11.4. The van der Waals surface area contributed by atoms with Crippen LogP contribution >= 0.6 is 11.6 Å². The molecule has 0 unspecified atom stereocenters. The number of oxazole rings is 1. The van der Waals surface area contributed by atoms with Crippen molar-refractivity contribution in [3.05, 3.63) is 89.7 Å². The molecule has 4 rings (SSSR count). The van der Waals surface area contributed by atoms with Crippen molar-refractivity contribution in [1.82, 2.24) is 4.98 Å². The number of rotatable bonds is 5. The standard InChI is InChI=1S/C21H14ClFN2O3S/c22-15-8-12-17(13-9-15)24-20-21(29(26,27)18-4-2-1-3-5-18)25-19(28-20)14-6-10-16(23)11-7-14/h1-13,24H. The highest BCUT2D eigenvalue weighted by Gasteiger charge is 2.28. The van der Waals surface area contributed by atoms with Crippen molar-refractivity contribution < 1.29 is 17.2 Å². The van der Waals surface area contributed by atoms with Gasteiger partial charge in [-0.1, -0.05) is 29.8 Å². The molecule has 5 nitrogen and oxygen atoms in total. The number of halogens is 2. The van der Waals surface area contributed by atoms with Crippen molar-refractivity contribution in [2.24, 2.45) is 0 Å². The first-order valence-corrected chi connectivity index (χ1v) is 10.4. The van der Waals surface area contributed by atoms with Gasteiger partial charge in [0.05, 0.1) is 4.90 Å². The lowest BCUT2D eigenvalue weighted by atomic mass is 10.2. The molecule has 0 aliphatic rings. The van der Waals surface area contributed by atoms with Crippen molar-refractivity contribution in [3.8, 4) is 11.5 Å². The minimum absolute atomic E-state index is 0.0458. The van der Waals surface area contributed by atoms with Crippen LogP contribution in [0, 0.1) is 5.82 Å². The molecule has 0 aliphatic carbocycles. The summed E-state index contributed by atoms with van der Waals surface area (Å²) in [6, 6.07) is 20.0. The Hall–Kier alpha value is -3.16. The number of benzene rings is 3. The van der Waals surface area contributed by atoms with E-state index in [1.807, 2.05) is 0 Å². The van der Waals surface area contributed by atoms with E-state index in [2.05, 4.69) is 10.3 Å². The smallest absolute Gasteiger partial charge is 0.238 e. The number of aromatic nitrogens is 1. The second-order valence-corrected chi connectivity index (χ2v) is 8.41. The van der Waals surface area contributed by atoms with Gasteiger partial charge < -0.3 is 9.73 Å². The van der Waals surface area contributed by atoms with E-state index in [4.69, 9.17) is 16.0 Å². The highest BCUT2D eigenvalue weighted by atomic mass is 35.5. The quantitative estimate of drug-likeness (QED) is 0.440. The molecule has 0 amide bonds. The minimum atomic E-state index is -3.96. The first-order valence-electron chi connectivity index (χ1n) is 8.53. The van der Waals surface area contributed by atoms with Crippen molar-refractivity contribution in [3.63, 3.8) is 0 Å². The second kappa shape index (κ2) is 7.69. The van der Waals surface area contributed by atoms with E-state index >= 15 is 0 Å². The average Bonchev–Trinajstić information content (AvgIpc) is 3.15. The fourth-order valence-corrected chi connectivity index (χ4v) is 4.06. The summed E-state index contributed by atoms with van der Waals surface area (Å²) in [6.07, 6.45) is 0. The van der Waals surface area contributed by atoms with E-state index < -0.39 is 15.7 Å². The van der Waals surface area contributed by atoms with Crippen LogP contribution in [0.1, 0.15) is 0 Å². The van der Waals surface area contributed by atoms with Crippen LogP contribution in [0.15, 0.2) is 93.2 Å². The van der Waals surface area contributed by atoms with Gasteiger partial charge >= 0.3 is 0 Å². The summed E-state index contributed by atoms with van der Waals surface area (Å²) in [7, 11) is -3.96. The van der Waals surface area contributed by atoms with E-state index in [1.54, 1.807) is 42.5 Å². The summed E-state index contributed by atoms with van der Waals surface area (Å²) in [6.45, 7) is 0. The number of hydrogen-bond acceptors (Lipinski definition) is 5. The van der Waals surface area contributed by atoms with E-state index in [0.29, 0.717) is 16.3 Å². The molecule has 0 aliphatic heterocycles. The Kier molecular flexibility index (Phi) is 5.08. The Morgan fingerprint density at radius 1 is 0.897 bits per heavy atom. The molecule has 1 aromatic heterocycles. The summed E-state index contributed by atoms with van der Waals surface area (Å²) in [4.78, 5) is 4.29. The maximum Gasteiger partial charge on any atom is 0.238 e. The molecule has 8 heteroatoms. The van der Waals surface area contributed by atoms with Crippen LogP contribution in [0.2, 0.25) is 5.02 Å². The number of hydrogen-bond donors (Lipinski definition) is 1. The van der Waals surface area contributed by atoms with Crippen LogP contribution in [0.5, 0.6) is 0 Å². The second-order valence-electron chi connectivity index (χ2n) is 6.11. The molecular weight excluding hydrogens is 415 g/mol. The van der Waals surface area contributed by atoms with Crippen molar-refractivity contribution in [1.29, 1.82) is 0 Å². The van der Waals surface area contributed by atoms with Gasteiger partial charge in [0.1, 0.15) is 5.82 Å². The zero-order valence-electron chi connectivity index (χ0n) is 14.8. The van der Waals surface area contributed by atoms with Crippen molar-refractivity contribution in [2.75, 3.05) is 5.32 Å². The first-order chi connectivity index (χ1) is 13.9. The van der Waals surface area contributed by atoms with Gasteiger partial charge in [-0.15, -0.1) is 0 Å².